The zero-order chi connectivity index (χ0) is 19.6. The van der Waals surface area contributed by atoms with Crippen LogP contribution in [0.25, 0.3) is 0 Å². The van der Waals surface area contributed by atoms with Gasteiger partial charge in [-0.25, -0.2) is 0 Å². The van der Waals surface area contributed by atoms with Crippen LogP contribution in [0.2, 0.25) is 0 Å². The molecule has 0 aliphatic rings. The lowest BCUT2D eigenvalue weighted by Crippen LogP contribution is -2.10. The van der Waals surface area contributed by atoms with Crippen molar-refractivity contribution in [1.29, 1.82) is 0 Å². The Bertz CT molecular complexity index is 504. The minimum absolute atomic E-state index is 0.136. The second-order valence-electron chi connectivity index (χ2n) is 7.75. The summed E-state index contributed by atoms with van der Waals surface area (Å²) >= 11 is 0. The summed E-state index contributed by atoms with van der Waals surface area (Å²) in [5.41, 5.74) is 2.11. The number of nitrogens with one attached hydrogen (secondary N) is 1. The third-order valence-electron chi connectivity index (χ3n) is 5.00. The van der Waals surface area contributed by atoms with Crippen LogP contribution in [0.4, 0.5) is 5.69 Å². The first-order chi connectivity index (χ1) is 13.2. The first-order valence-corrected chi connectivity index (χ1v) is 11.2. The maximum atomic E-state index is 11.9. The molecule has 2 heteroatoms. The van der Waals surface area contributed by atoms with Gasteiger partial charge in [-0.3, -0.25) is 4.79 Å². The summed E-state index contributed by atoms with van der Waals surface area (Å²) in [6.45, 7) is 4.32. The molecule has 27 heavy (non-hydrogen) atoms. The lowest BCUT2D eigenvalue weighted by atomic mass is 10.1. The zero-order valence-corrected chi connectivity index (χ0v) is 17.8. The quantitative estimate of drug-likeness (QED) is 0.232. The summed E-state index contributed by atoms with van der Waals surface area (Å²) < 4.78 is 0. The van der Waals surface area contributed by atoms with Crippen LogP contribution in [0.3, 0.4) is 0 Å². The van der Waals surface area contributed by atoms with Crippen LogP contribution >= 0.6 is 0 Å². The number of unbranched alkanes of at least 4 members (excludes halogenated alkanes) is 11. The van der Waals surface area contributed by atoms with Crippen molar-refractivity contribution >= 4 is 11.6 Å². The molecule has 1 N–H and O–H groups in total. The van der Waals surface area contributed by atoms with Crippen molar-refractivity contribution in [2.75, 3.05) is 5.32 Å². The highest BCUT2D eigenvalue weighted by molar-refractivity contribution is 5.90. The molecule has 0 spiro atoms. The molecule has 0 heterocycles. The minimum Gasteiger partial charge on any atom is -0.326 e. The van der Waals surface area contributed by atoms with Crippen LogP contribution in [-0.4, -0.2) is 5.91 Å². The molecular weight excluding hydrogens is 330 g/mol. The molecule has 152 valence electrons. The zero-order valence-electron chi connectivity index (χ0n) is 17.8. The molecule has 1 amide bonds. The van der Waals surface area contributed by atoms with E-state index in [-0.39, 0.29) is 5.91 Å². The lowest BCUT2D eigenvalue weighted by Gasteiger charge is -2.05. The van der Waals surface area contributed by atoms with E-state index in [4.69, 9.17) is 0 Å². The van der Waals surface area contributed by atoms with Gasteiger partial charge in [-0.05, 0) is 51.2 Å². The van der Waals surface area contributed by atoms with Gasteiger partial charge in [0.15, 0.2) is 0 Å². The Hall–Kier alpha value is -1.57. The SMILES string of the molecule is CCCCCCCCC=CCCCCCCCC(=O)Nc1ccc(C)cc1. The van der Waals surface area contributed by atoms with E-state index < -0.39 is 0 Å². The van der Waals surface area contributed by atoms with Crippen molar-refractivity contribution in [1.82, 2.24) is 0 Å². The van der Waals surface area contributed by atoms with Crippen LogP contribution in [0.5, 0.6) is 0 Å². The van der Waals surface area contributed by atoms with Gasteiger partial charge in [0, 0.05) is 12.1 Å². The standard InChI is InChI=1S/C25H41NO/c1-3-4-5-6-7-8-9-10-11-12-13-14-15-16-17-18-25(27)26-24-21-19-23(2)20-22-24/h10-11,19-22H,3-9,12-18H2,1-2H3,(H,26,27). The maximum absolute atomic E-state index is 11.9. The molecule has 0 aliphatic heterocycles. The van der Waals surface area contributed by atoms with Crippen LogP contribution in [0.1, 0.15) is 102 Å². The van der Waals surface area contributed by atoms with Gasteiger partial charge in [0.2, 0.25) is 5.91 Å². The number of rotatable bonds is 16. The molecule has 1 aromatic rings. The van der Waals surface area contributed by atoms with E-state index in [9.17, 15) is 4.79 Å². The fourth-order valence-electron chi connectivity index (χ4n) is 3.22. The van der Waals surface area contributed by atoms with Gasteiger partial charge >= 0.3 is 0 Å². The molecule has 0 aromatic heterocycles. The number of carbonyl (C=O) groups excluding carboxylic acids is 1. The highest BCUT2D eigenvalue weighted by Crippen LogP contribution is 2.12. The highest BCUT2D eigenvalue weighted by atomic mass is 16.1. The Balaban J connectivity index is 1.86. The van der Waals surface area contributed by atoms with E-state index in [2.05, 4.69) is 31.3 Å². The molecule has 0 unspecified atom stereocenters. The Morgan fingerprint density at radius 2 is 1.30 bits per heavy atom. The van der Waals surface area contributed by atoms with Crippen molar-refractivity contribution in [2.24, 2.45) is 0 Å². The Labute approximate surface area is 167 Å². The fourth-order valence-corrected chi connectivity index (χ4v) is 3.22. The summed E-state index contributed by atoms with van der Waals surface area (Å²) in [5, 5.41) is 2.97. The van der Waals surface area contributed by atoms with E-state index in [1.807, 2.05) is 24.3 Å². The third-order valence-corrected chi connectivity index (χ3v) is 5.00. The van der Waals surface area contributed by atoms with Gasteiger partial charge in [0.25, 0.3) is 0 Å². The van der Waals surface area contributed by atoms with Crippen LogP contribution < -0.4 is 5.32 Å². The maximum Gasteiger partial charge on any atom is 0.224 e. The largest absolute Gasteiger partial charge is 0.326 e. The smallest absolute Gasteiger partial charge is 0.224 e. The van der Waals surface area contributed by atoms with Crippen LogP contribution in [0.15, 0.2) is 36.4 Å². The number of anilines is 1. The molecule has 1 rings (SSSR count). The molecule has 0 aliphatic carbocycles. The molecule has 0 atom stereocenters. The normalized spacial score (nSPS) is 11.2. The fraction of sp³-hybridized carbons (Fsp3) is 0.640. The molecule has 2 nitrogen and oxygen atoms in total. The van der Waals surface area contributed by atoms with Gasteiger partial charge in [-0.2, -0.15) is 0 Å². The van der Waals surface area contributed by atoms with Crippen molar-refractivity contribution in [3.63, 3.8) is 0 Å². The average molecular weight is 372 g/mol. The topological polar surface area (TPSA) is 29.1 Å². The predicted molar refractivity (Wildman–Crippen MR) is 119 cm³/mol. The van der Waals surface area contributed by atoms with E-state index in [0.29, 0.717) is 6.42 Å². The first kappa shape index (κ1) is 23.5. The Morgan fingerprint density at radius 1 is 0.778 bits per heavy atom. The van der Waals surface area contributed by atoms with Gasteiger partial charge in [-0.15, -0.1) is 0 Å². The van der Waals surface area contributed by atoms with E-state index in [1.165, 1.54) is 76.2 Å². The van der Waals surface area contributed by atoms with Crippen molar-refractivity contribution in [3.05, 3.63) is 42.0 Å². The Kier molecular flexibility index (Phi) is 14.4. The van der Waals surface area contributed by atoms with Gasteiger partial charge < -0.3 is 5.32 Å². The number of amides is 1. The second-order valence-corrected chi connectivity index (χ2v) is 7.75. The summed E-state index contributed by atoms with van der Waals surface area (Å²) in [4.78, 5) is 11.9. The van der Waals surface area contributed by atoms with Crippen LogP contribution in [0, 0.1) is 6.92 Å². The van der Waals surface area contributed by atoms with Crippen molar-refractivity contribution < 1.29 is 4.79 Å². The minimum atomic E-state index is 0.136. The van der Waals surface area contributed by atoms with E-state index in [1.54, 1.807) is 0 Å². The van der Waals surface area contributed by atoms with Gasteiger partial charge in [0.05, 0.1) is 0 Å². The first-order valence-electron chi connectivity index (χ1n) is 11.2. The number of hydrogen-bond donors (Lipinski definition) is 1. The third kappa shape index (κ3) is 14.2. The summed E-state index contributed by atoms with van der Waals surface area (Å²) in [7, 11) is 0. The number of carbonyl (C=O) groups is 1. The van der Waals surface area contributed by atoms with E-state index in [0.717, 1.165) is 18.5 Å². The summed E-state index contributed by atoms with van der Waals surface area (Å²) in [6, 6.07) is 7.98. The lowest BCUT2D eigenvalue weighted by molar-refractivity contribution is -0.116. The molecule has 1 aromatic carbocycles. The molecule has 0 bridgehead atoms. The number of allylic oxidation sites excluding steroid dienone is 2. The molecular formula is C25H41NO. The molecule has 0 saturated carbocycles. The monoisotopic (exact) mass is 371 g/mol. The van der Waals surface area contributed by atoms with E-state index >= 15 is 0 Å². The highest BCUT2D eigenvalue weighted by Gasteiger charge is 2.01. The molecule has 0 radical (unpaired) electrons. The number of hydrogen-bond acceptors (Lipinski definition) is 1. The average Bonchev–Trinajstić information content (AvgIpc) is 2.66. The van der Waals surface area contributed by atoms with Gasteiger partial charge in [0.1, 0.15) is 0 Å². The number of aryl methyl sites for hydroxylation is 1. The Morgan fingerprint density at radius 3 is 1.89 bits per heavy atom. The number of benzene rings is 1. The van der Waals surface area contributed by atoms with Crippen LogP contribution in [-0.2, 0) is 4.79 Å². The summed E-state index contributed by atoms with van der Waals surface area (Å²) in [6.07, 6.45) is 22.1. The molecule has 0 fully saturated rings. The van der Waals surface area contributed by atoms with Crippen molar-refractivity contribution in [3.8, 4) is 0 Å². The van der Waals surface area contributed by atoms with Crippen molar-refractivity contribution in [2.45, 2.75) is 104 Å². The molecule has 0 saturated heterocycles. The predicted octanol–water partition coefficient (Wildman–Crippen LogP) is 7.97. The summed E-state index contributed by atoms with van der Waals surface area (Å²) in [5.74, 6) is 0.136. The second kappa shape index (κ2) is 16.6. The van der Waals surface area contributed by atoms with Gasteiger partial charge in [-0.1, -0.05) is 88.1 Å².